The zero-order valence-corrected chi connectivity index (χ0v) is 20.0. The van der Waals surface area contributed by atoms with Gasteiger partial charge in [0.15, 0.2) is 0 Å². The molecule has 1 amide bonds. The number of amides is 1. The second-order valence-electron chi connectivity index (χ2n) is 10.4. The highest BCUT2D eigenvalue weighted by Gasteiger charge is 2.43. The van der Waals surface area contributed by atoms with Crippen molar-refractivity contribution in [3.63, 3.8) is 0 Å². The Kier molecular flexibility index (Phi) is 7.04. The van der Waals surface area contributed by atoms with E-state index in [-0.39, 0.29) is 11.5 Å². The normalized spacial score (nSPS) is 25.5. The van der Waals surface area contributed by atoms with Crippen molar-refractivity contribution < 1.29 is 9.53 Å². The van der Waals surface area contributed by atoms with Gasteiger partial charge < -0.3 is 14.5 Å². The first kappa shape index (κ1) is 22.7. The maximum absolute atomic E-state index is 12.8. The summed E-state index contributed by atoms with van der Waals surface area (Å²) in [6.45, 7) is 17.4. The maximum atomic E-state index is 12.8. The average molecular weight is 432 g/mol. The van der Waals surface area contributed by atoms with E-state index in [0.717, 1.165) is 62.7 Å². The lowest BCUT2D eigenvalue weighted by molar-refractivity contribution is -0.150. The number of rotatable bonds is 5. The van der Waals surface area contributed by atoms with Gasteiger partial charge in [-0.25, -0.2) is 0 Å². The molecule has 4 heterocycles. The van der Waals surface area contributed by atoms with Crippen molar-refractivity contribution in [2.24, 2.45) is 5.92 Å². The van der Waals surface area contributed by atoms with E-state index in [1.165, 1.54) is 32.7 Å². The summed E-state index contributed by atoms with van der Waals surface area (Å²) in [6.07, 6.45) is 4.18. The lowest BCUT2D eigenvalue weighted by Crippen LogP contribution is -2.57. The number of aryl methyl sites for hydroxylation is 2. The van der Waals surface area contributed by atoms with Gasteiger partial charge in [0, 0.05) is 64.2 Å². The minimum Gasteiger partial charge on any atom is -0.375 e. The molecule has 31 heavy (non-hydrogen) atoms. The molecule has 0 N–H and O–H groups in total. The van der Waals surface area contributed by atoms with Crippen LogP contribution in [0, 0.1) is 19.8 Å². The van der Waals surface area contributed by atoms with Crippen molar-refractivity contribution in [3.05, 3.63) is 17.5 Å². The minimum atomic E-state index is -0.0348. The lowest BCUT2D eigenvalue weighted by Gasteiger charge is -2.49. The number of piperazine rings is 1. The third-order valence-corrected chi connectivity index (χ3v) is 7.43. The molecule has 0 bridgehead atoms. The quantitative estimate of drug-likeness (QED) is 0.716. The standard InChI is InChI=1S/C24H41N5O2/c1-19(2)17-26-10-12-27(13-11-26)22-5-14-31-24(16-22)6-8-28(9-7-24)23(30)18-29-21(4)15-20(3)25-29/h15,19,22H,5-14,16-18H2,1-4H3/t22-/m1/s1. The first-order chi connectivity index (χ1) is 14.8. The van der Waals surface area contributed by atoms with Crippen molar-refractivity contribution in [1.82, 2.24) is 24.5 Å². The molecule has 1 aromatic heterocycles. The van der Waals surface area contributed by atoms with Gasteiger partial charge in [0.25, 0.3) is 0 Å². The second kappa shape index (κ2) is 9.59. The number of likely N-dealkylation sites (tertiary alicyclic amines) is 1. The zero-order valence-electron chi connectivity index (χ0n) is 20.0. The van der Waals surface area contributed by atoms with Gasteiger partial charge in [-0.1, -0.05) is 13.8 Å². The van der Waals surface area contributed by atoms with Gasteiger partial charge in [0.2, 0.25) is 5.91 Å². The molecule has 3 fully saturated rings. The van der Waals surface area contributed by atoms with Gasteiger partial charge in [0.1, 0.15) is 6.54 Å². The molecule has 1 atom stereocenters. The Labute approximate surface area is 187 Å². The SMILES string of the molecule is Cc1cc(C)n(CC(=O)N2CCC3(CC2)C[C@H](N2CCN(CC(C)C)CC2)CCO3)n1. The van der Waals surface area contributed by atoms with E-state index in [1.807, 2.05) is 29.5 Å². The maximum Gasteiger partial charge on any atom is 0.244 e. The minimum absolute atomic E-state index is 0.0348. The molecular weight excluding hydrogens is 390 g/mol. The molecular formula is C24H41N5O2. The summed E-state index contributed by atoms with van der Waals surface area (Å²) in [5.74, 6) is 0.918. The highest BCUT2D eigenvalue weighted by molar-refractivity contribution is 5.76. The van der Waals surface area contributed by atoms with Crippen molar-refractivity contribution in [2.45, 2.75) is 71.6 Å². The van der Waals surface area contributed by atoms with Crippen LogP contribution in [0.5, 0.6) is 0 Å². The van der Waals surface area contributed by atoms with Gasteiger partial charge in [-0.05, 0) is 51.5 Å². The summed E-state index contributed by atoms with van der Waals surface area (Å²) in [6, 6.07) is 2.66. The van der Waals surface area contributed by atoms with Gasteiger partial charge in [-0.2, -0.15) is 5.10 Å². The van der Waals surface area contributed by atoms with Crippen molar-refractivity contribution in [1.29, 1.82) is 0 Å². The van der Waals surface area contributed by atoms with E-state index in [0.29, 0.717) is 12.6 Å². The molecule has 0 saturated carbocycles. The van der Waals surface area contributed by atoms with Crippen LogP contribution in [0.1, 0.15) is 50.9 Å². The molecule has 0 aromatic carbocycles. The third-order valence-electron chi connectivity index (χ3n) is 7.43. The second-order valence-corrected chi connectivity index (χ2v) is 10.4. The smallest absolute Gasteiger partial charge is 0.244 e. The summed E-state index contributed by atoms with van der Waals surface area (Å²) in [4.78, 5) is 20.2. The number of nitrogens with zero attached hydrogens (tertiary/aromatic N) is 5. The van der Waals surface area contributed by atoms with Crippen molar-refractivity contribution in [2.75, 3.05) is 52.4 Å². The highest BCUT2D eigenvalue weighted by atomic mass is 16.5. The molecule has 3 aliphatic rings. The Hall–Kier alpha value is -1.44. The van der Waals surface area contributed by atoms with Crippen LogP contribution < -0.4 is 0 Å². The number of piperidine rings is 1. The number of carbonyl (C=O) groups is 1. The van der Waals surface area contributed by atoms with Crippen LogP contribution in [-0.4, -0.2) is 94.5 Å². The molecule has 0 unspecified atom stereocenters. The summed E-state index contributed by atoms with van der Waals surface area (Å²) >= 11 is 0. The molecule has 1 spiro atoms. The number of ether oxygens (including phenoxy) is 1. The fourth-order valence-corrected chi connectivity index (χ4v) is 5.72. The van der Waals surface area contributed by atoms with E-state index in [2.05, 4.69) is 28.7 Å². The van der Waals surface area contributed by atoms with Crippen LogP contribution in [-0.2, 0) is 16.1 Å². The first-order valence-corrected chi connectivity index (χ1v) is 12.2. The first-order valence-electron chi connectivity index (χ1n) is 12.2. The number of hydrogen-bond donors (Lipinski definition) is 0. The predicted octanol–water partition coefficient (Wildman–Crippen LogP) is 2.31. The fraction of sp³-hybridized carbons (Fsp3) is 0.833. The summed E-state index contributed by atoms with van der Waals surface area (Å²) in [7, 11) is 0. The van der Waals surface area contributed by atoms with Crippen molar-refractivity contribution in [3.8, 4) is 0 Å². The predicted molar refractivity (Wildman–Crippen MR) is 122 cm³/mol. The summed E-state index contributed by atoms with van der Waals surface area (Å²) in [5.41, 5.74) is 1.98. The third kappa shape index (κ3) is 5.49. The molecule has 7 nitrogen and oxygen atoms in total. The molecule has 3 saturated heterocycles. The average Bonchev–Trinajstić information content (AvgIpc) is 3.05. The van der Waals surface area contributed by atoms with Crippen LogP contribution in [0.15, 0.2) is 6.07 Å². The molecule has 174 valence electrons. The Morgan fingerprint density at radius 3 is 2.48 bits per heavy atom. The Balaban J connectivity index is 1.27. The van der Waals surface area contributed by atoms with Gasteiger partial charge >= 0.3 is 0 Å². The Bertz CT molecular complexity index is 745. The van der Waals surface area contributed by atoms with Gasteiger partial charge in [-0.15, -0.1) is 0 Å². The fourth-order valence-electron chi connectivity index (χ4n) is 5.72. The van der Waals surface area contributed by atoms with Crippen LogP contribution in [0.4, 0.5) is 0 Å². The van der Waals surface area contributed by atoms with E-state index in [1.54, 1.807) is 0 Å². The summed E-state index contributed by atoms with van der Waals surface area (Å²) < 4.78 is 8.20. The molecule has 3 aliphatic heterocycles. The lowest BCUT2D eigenvalue weighted by atomic mass is 9.81. The van der Waals surface area contributed by atoms with Crippen LogP contribution in [0.25, 0.3) is 0 Å². The van der Waals surface area contributed by atoms with E-state index in [4.69, 9.17) is 4.74 Å². The highest BCUT2D eigenvalue weighted by Crippen LogP contribution is 2.37. The molecule has 0 aliphatic carbocycles. The topological polar surface area (TPSA) is 53.8 Å². The number of carbonyl (C=O) groups excluding carboxylic acids is 1. The van der Waals surface area contributed by atoms with Gasteiger partial charge in [-0.3, -0.25) is 14.4 Å². The molecule has 4 rings (SSSR count). The molecule has 7 heteroatoms. The van der Waals surface area contributed by atoms with Crippen LogP contribution in [0.3, 0.4) is 0 Å². The number of hydrogen-bond acceptors (Lipinski definition) is 5. The Morgan fingerprint density at radius 2 is 1.87 bits per heavy atom. The molecule has 1 aromatic rings. The van der Waals surface area contributed by atoms with Gasteiger partial charge in [0.05, 0.1) is 11.3 Å². The monoisotopic (exact) mass is 431 g/mol. The Morgan fingerprint density at radius 1 is 1.16 bits per heavy atom. The summed E-state index contributed by atoms with van der Waals surface area (Å²) in [5, 5.41) is 4.45. The van der Waals surface area contributed by atoms with E-state index in [9.17, 15) is 4.79 Å². The van der Waals surface area contributed by atoms with Crippen molar-refractivity contribution >= 4 is 5.91 Å². The van der Waals surface area contributed by atoms with E-state index >= 15 is 0 Å². The zero-order chi connectivity index (χ0) is 22.0. The number of aromatic nitrogens is 2. The molecule has 0 radical (unpaired) electrons. The van der Waals surface area contributed by atoms with Crippen LogP contribution >= 0.6 is 0 Å². The van der Waals surface area contributed by atoms with Crippen LogP contribution in [0.2, 0.25) is 0 Å². The largest absolute Gasteiger partial charge is 0.375 e. The van der Waals surface area contributed by atoms with E-state index < -0.39 is 0 Å².